The van der Waals surface area contributed by atoms with Crippen LogP contribution >= 0.6 is 0 Å². The number of halogens is 4. The van der Waals surface area contributed by atoms with Gasteiger partial charge in [0, 0.05) is 19.2 Å². The number of benzene rings is 1. The fourth-order valence-corrected chi connectivity index (χ4v) is 2.09. The number of ether oxygens (including phenoxy) is 1. The van der Waals surface area contributed by atoms with Crippen molar-refractivity contribution < 1.29 is 22.3 Å². The fourth-order valence-electron chi connectivity index (χ4n) is 2.09. The normalized spacial score (nSPS) is 18.6. The topological polar surface area (TPSA) is 12.5 Å². The van der Waals surface area contributed by atoms with Crippen LogP contribution in [0.25, 0.3) is 0 Å². The molecule has 1 aromatic rings. The maximum Gasteiger partial charge on any atom is 0.419 e. The molecule has 2 nitrogen and oxygen atoms in total. The first kappa shape index (κ1) is 14.1. The largest absolute Gasteiger partial charge is 0.490 e. The Labute approximate surface area is 109 Å². The summed E-state index contributed by atoms with van der Waals surface area (Å²) in [6.07, 6.45) is -3.15. The van der Waals surface area contributed by atoms with Crippen LogP contribution in [0.2, 0.25) is 0 Å². The summed E-state index contributed by atoms with van der Waals surface area (Å²) in [5.41, 5.74) is -1.26. The number of nitrogens with zero attached hydrogens (tertiary/aromatic N) is 1. The lowest BCUT2D eigenvalue weighted by molar-refractivity contribution is -0.140. The Bertz CT molecular complexity index is 439. The second-order valence-corrected chi connectivity index (χ2v) is 4.76. The van der Waals surface area contributed by atoms with Crippen molar-refractivity contribution in [2.45, 2.75) is 25.1 Å². The molecule has 1 aliphatic rings. The van der Waals surface area contributed by atoms with Gasteiger partial charge in [-0.2, -0.15) is 13.2 Å². The van der Waals surface area contributed by atoms with E-state index in [4.69, 9.17) is 4.74 Å². The van der Waals surface area contributed by atoms with Crippen molar-refractivity contribution in [3.05, 3.63) is 29.6 Å². The SMILES string of the molecule is CN1CCC(Oc2ccc(C(F)(F)F)c(F)c2)CC1. The minimum atomic E-state index is -4.67. The van der Waals surface area contributed by atoms with E-state index < -0.39 is 17.6 Å². The molecular weight excluding hydrogens is 262 g/mol. The van der Waals surface area contributed by atoms with Crippen LogP contribution in [0.4, 0.5) is 17.6 Å². The Balaban J connectivity index is 2.04. The molecule has 0 atom stereocenters. The zero-order valence-corrected chi connectivity index (χ0v) is 10.5. The van der Waals surface area contributed by atoms with Crippen LogP contribution in [0.1, 0.15) is 18.4 Å². The molecule has 0 bridgehead atoms. The predicted molar refractivity (Wildman–Crippen MR) is 62.5 cm³/mol. The van der Waals surface area contributed by atoms with Gasteiger partial charge in [-0.1, -0.05) is 0 Å². The first-order chi connectivity index (χ1) is 8.86. The quantitative estimate of drug-likeness (QED) is 0.769. The summed E-state index contributed by atoms with van der Waals surface area (Å²) < 4.78 is 56.1. The van der Waals surface area contributed by atoms with Gasteiger partial charge in [0.2, 0.25) is 0 Å². The van der Waals surface area contributed by atoms with E-state index in [0.29, 0.717) is 0 Å². The number of hydrogen-bond donors (Lipinski definition) is 0. The number of hydrogen-bond acceptors (Lipinski definition) is 2. The van der Waals surface area contributed by atoms with E-state index >= 15 is 0 Å². The van der Waals surface area contributed by atoms with E-state index in [9.17, 15) is 17.6 Å². The van der Waals surface area contributed by atoms with Gasteiger partial charge in [0.25, 0.3) is 0 Å². The molecule has 0 spiro atoms. The number of alkyl halides is 3. The third-order valence-corrected chi connectivity index (χ3v) is 3.21. The fraction of sp³-hybridized carbons (Fsp3) is 0.538. The molecule has 6 heteroatoms. The Morgan fingerprint density at radius 2 is 1.84 bits per heavy atom. The Morgan fingerprint density at radius 1 is 1.21 bits per heavy atom. The average Bonchev–Trinajstić information content (AvgIpc) is 2.30. The highest BCUT2D eigenvalue weighted by molar-refractivity contribution is 5.30. The highest BCUT2D eigenvalue weighted by Crippen LogP contribution is 2.33. The number of piperidine rings is 1. The summed E-state index contributed by atoms with van der Waals surface area (Å²) in [6, 6.07) is 2.70. The molecule has 1 fully saturated rings. The lowest BCUT2D eigenvalue weighted by Gasteiger charge is -2.29. The van der Waals surface area contributed by atoms with E-state index in [1.807, 2.05) is 7.05 Å². The Kier molecular flexibility index (Phi) is 3.99. The van der Waals surface area contributed by atoms with Crippen molar-refractivity contribution in [2.75, 3.05) is 20.1 Å². The van der Waals surface area contributed by atoms with Crippen LogP contribution in [0.15, 0.2) is 18.2 Å². The monoisotopic (exact) mass is 277 g/mol. The summed E-state index contributed by atoms with van der Waals surface area (Å²) in [6.45, 7) is 1.74. The summed E-state index contributed by atoms with van der Waals surface area (Å²) in [5, 5.41) is 0. The molecule has 1 aliphatic heterocycles. The van der Waals surface area contributed by atoms with Crippen LogP contribution in [-0.4, -0.2) is 31.1 Å². The lowest BCUT2D eigenvalue weighted by Crippen LogP contribution is -2.35. The minimum absolute atomic E-state index is 0.0627. The second kappa shape index (κ2) is 5.36. The van der Waals surface area contributed by atoms with Gasteiger partial charge in [-0.15, -0.1) is 0 Å². The maximum atomic E-state index is 13.4. The van der Waals surface area contributed by atoms with Crippen molar-refractivity contribution in [3.63, 3.8) is 0 Å². The molecule has 106 valence electrons. The van der Waals surface area contributed by atoms with Gasteiger partial charge in [0.1, 0.15) is 17.7 Å². The van der Waals surface area contributed by atoms with Gasteiger partial charge in [-0.3, -0.25) is 0 Å². The smallest absolute Gasteiger partial charge is 0.419 e. The van der Waals surface area contributed by atoms with Gasteiger partial charge in [-0.25, -0.2) is 4.39 Å². The second-order valence-electron chi connectivity index (χ2n) is 4.76. The van der Waals surface area contributed by atoms with Crippen LogP contribution in [0.3, 0.4) is 0 Å². The molecule has 1 saturated heterocycles. The first-order valence-electron chi connectivity index (χ1n) is 6.08. The standard InChI is InChI=1S/C13H15F4NO/c1-18-6-4-9(5-7-18)19-10-2-3-11(12(14)8-10)13(15,16)17/h2-3,8-9H,4-7H2,1H3. The van der Waals surface area contributed by atoms with Gasteiger partial charge in [0.15, 0.2) is 0 Å². The van der Waals surface area contributed by atoms with Crippen LogP contribution in [0, 0.1) is 5.82 Å². The van der Waals surface area contributed by atoms with Crippen LogP contribution in [0.5, 0.6) is 5.75 Å². The molecule has 19 heavy (non-hydrogen) atoms. The Hall–Kier alpha value is -1.30. The average molecular weight is 277 g/mol. The van der Waals surface area contributed by atoms with E-state index in [2.05, 4.69) is 4.90 Å². The third kappa shape index (κ3) is 3.59. The molecule has 0 saturated carbocycles. The highest BCUT2D eigenvalue weighted by Gasteiger charge is 2.34. The zero-order chi connectivity index (χ0) is 14.0. The van der Waals surface area contributed by atoms with Crippen molar-refractivity contribution in [1.82, 2.24) is 4.90 Å². The summed E-state index contributed by atoms with van der Waals surface area (Å²) in [7, 11) is 1.99. The maximum absolute atomic E-state index is 13.4. The van der Waals surface area contributed by atoms with Crippen molar-refractivity contribution in [1.29, 1.82) is 0 Å². The first-order valence-corrected chi connectivity index (χ1v) is 6.08. The van der Waals surface area contributed by atoms with E-state index in [1.54, 1.807) is 0 Å². The lowest BCUT2D eigenvalue weighted by atomic mass is 10.1. The van der Waals surface area contributed by atoms with Crippen molar-refractivity contribution >= 4 is 0 Å². The molecule has 0 amide bonds. The molecule has 1 aromatic carbocycles. The summed E-state index contributed by atoms with van der Waals surface area (Å²) in [5.74, 6) is -1.14. The van der Waals surface area contributed by atoms with Gasteiger partial charge >= 0.3 is 6.18 Å². The zero-order valence-electron chi connectivity index (χ0n) is 10.5. The Morgan fingerprint density at radius 3 is 2.37 bits per heavy atom. The van der Waals surface area contributed by atoms with E-state index in [0.717, 1.165) is 38.1 Å². The molecule has 0 unspecified atom stereocenters. The van der Waals surface area contributed by atoms with E-state index in [1.165, 1.54) is 6.07 Å². The van der Waals surface area contributed by atoms with Crippen LogP contribution < -0.4 is 4.74 Å². The molecular formula is C13H15F4NO. The van der Waals surface area contributed by atoms with Crippen molar-refractivity contribution in [3.8, 4) is 5.75 Å². The summed E-state index contributed by atoms with van der Waals surface area (Å²) in [4.78, 5) is 2.15. The summed E-state index contributed by atoms with van der Waals surface area (Å²) >= 11 is 0. The molecule has 2 rings (SSSR count). The molecule has 0 aliphatic carbocycles. The highest BCUT2D eigenvalue weighted by atomic mass is 19.4. The molecule has 0 aromatic heterocycles. The molecule has 1 heterocycles. The van der Waals surface area contributed by atoms with E-state index in [-0.39, 0.29) is 11.9 Å². The molecule has 0 radical (unpaired) electrons. The van der Waals surface area contributed by atoms with Gasteiger partial charge in [-0.05, 0) is 32.0 Å². The number of rotatable bonds is 2. The minimum Gasteiger partial charge on any atom is -0.490 e. The van der Waals surface area contributed by atoms with Crippen molar-refractivity contribution in [2.24, 2.45) is 0 Å². The molecule has 0 N–H and O–H groups in total. The van der Waals surface area contributed by atoms with Crippen LogP contribution in [-0.2, 0) is 6.18 Å². The predicted octanol–water partition coefficient (Wildman–Crippen LogP) is 3.32. The van der Waals surface area contributed by atoms with Gasteiger partial charge in [0.05, 0.1) is 5.56 Å². The number of likely N-dealkylation sites (tertiary alicyclic amines) is 1. The third-order valence-electron chi connectivity index (χ3n) is 3.21. The van der Waals surface area contributed by atoms with Gasteiger partial charge < -0.3 is 9.64 Å².